The minimum Gasteiger partial charge on any atom is -0.495 e. The Labute approximate surface area is 161 Å². The van der Waals surface area contributed by atoms with Crippen LogP contribution in [-0.2, 0) is 16.4 Å². The molecule has 144 valence electrons. The van der Waals surface area contributed by atoms with Gasteiger partial charge in [-0.3, -0.25) is 4.90 Å². The summed E-state index contributed by atoms with van der Waals surface area (Å²) >= 11 is 0. The highest BCUT2D eigenvalue weighted by molar-refractivity contribution is 7.89. The van der Waals surface area contributed by atoms with Crippen LogP contribution in [0, 0.1) is 6.92 Å². The van der Waals surface area contributed by atoms with Crippen LogP contribution in [0.5, 0.6) is 5.75 Å². The van der Waals surface area contributed by atoms with Crippen molar-refractivity contribution < 1.29 is 13.2 Å². The summed E-state index contributed by atoms with van der Waals surface area (Å²) in [6, 6.07) is 14.3. The van der Waals surface area contributed by atoms with Crippen molar-refractivity contribution in [3.63, 3.8) is 0 Å². The third-order valence-corrected chi connectivity index (χ3v) is 7.67. The summed E-state index contributed by atoms with van der Waals surface area (Å²) in [5, 5.41) is 0. The molecule has 6 heteroatoms. The summed E-state index contributed by atoms with van der Waals surface area (Å²) in [5.74, 6) is 0.410. The lowest BCUT2D eigenvalue weighted by Crippen LogP contribution is -2.49. The van der Waals surface area contributed by atoms with Crippen molar-refractivity contribution >= 4 is 10.0 Å². The van der Waals surface area contributed by atoms with E-state index in [4.69, 9.17) is 4.74 Å². The monoisotopic (exact) mass is 386 g/mol. The molecule has 4 rings (SSSR count). The van der Waals surface area contributed by atoms with Gasteiger partial charge in [-0.05, 0) is 48.6 Å². The van der Waals surface area contributed by atoms with Crippen molar-refractivity contribution in [2.45, 2.75) is 30.7 Å². The van der Waals surface area contributed by atoms with Crippen LogP contribution in [0.15, 0.2) is 47.4 Å². The van der Waals surface area contributed by atoms with Crippen LogP contribution in [0.25, 0.3) is 0 Å². The Morgan fingerprint density at radius 3 is 2.52 bits per heavy atom. The highest BCUT2D eigenvalue weighted by Gasteiger charge is 2.35. The molecule has 1 aliphatic carbocycles. The highest BCUT2D eigenvalue weighted by Crippen LogP contribution is 2.36. The molecule has 0 spiro atoms. The van der Waals surface area contributed by atoms with Crippen molar-refractivity contribution in [2.75, 3.05) is 33.3 Å². The second-order valence-electron chi connectivity index (χ2n) is 7.35. The average molecular weight is 387 g/mol. The largest absolute Gasteiger partial charge is 0.495 e. The smallest absolute Gasteiger partial charge is 0.246 e. The first kappa shape index (κ1) is 18.5. The zero-order valence-corrected chi connectivity index (χ0v) is 16.7. The first-order valence-corrected chi connectivity index (χ1v) is 10.9. The third-order valence-electron chi connectivity index (χ3n) is 5.75. The molecule has 0 amide bonds. The Balaban J connectivity index is 1.50. The van der Waals surface area contributed by atoms with Gasteiger partial charge in [0.25, 0.3) is 0 Å². The van der Waals surface area contributed by atoms with E-state index in [1.54, 1.807) is 16.4 Å². The fraction of sp³-hybridized carbons (Fsp3) is 0.429. The van der Waals surface area contributed by atoms with E-state index in [-0.39, 0.29) is 4.90 Å². The number of aryl methyl sites for hydroxylation is 2. The number of hydrogen-bond acceptors (Lipinski definition) is 4. The van der Waals surface area contributed by atoms with Crippen LogP contribution >= 0.6 is 0 Å². The molecule has 1 aliphatic heterocycles. The van der Waals surface area contributed by atoms with Gasteiger partial charge in [-0.15, -0.1) is 0 Å². The van der Waals surface area contributed by atoms with Gasteiger partial charge in [0.1, 0.15) is 10.6 Å². The standard InChI is InChI=1S/C21H26N2O3S/c1-16-7-10-20(26-2)21(15-16)27(24,25)23-13-11-22(12-14-23)19-9-8-17-5-3-4-6-18(17)19/h3-7,10,15,19H,8-9,11-14H2,1-2H3. The molecule has 2 aromatic rings. The van der Waals surface area contributed by atoms with Crippen LogP contribution in [0.1, 0.15) is 29.2 Å². The third kappa shape index (κ3) is 3.37. The van der Waals surface area contributed by atoms with Gasteiger partial charge in [-0.25, -0.2) is 8.42 Å². The van der Waals surface area contributed by atoms with Gasteiger partial charge in [0.15, 0.2) is 0 Å². The van der Waals surface area contributed by atoms with E-state index in [1.807, 2.05) is 13.0 Å². The molecule has 1 saturated heterocycles. The summed E-state index contributed by atoms with van der Waals surface area (Å²) < 4.78 is 33.2. The maximum atomic E-state index is 13.2. The SMILES string of the molecule is COc1ccc(C)cc1S(=O)(=O)N1CCN(C2CCc3ccccc32)CC1. The normalized spacial score (nSPS) is 21.2. The predicted octanol–water partition coefficient (Wildman–Crippen LogP) is 3.00. The Morgan fingerprint density at radius 2 is 1.78 bits per heavy atom. The number of methoxy groups -OCH3 is 1. The van der Waals surface area contributed by atoms with E-state index >= 15 is 0 Å². The molecule has 1 atom stereocenters. The summed E-state index contributed by atoms with van der Waals surface area (Å²) in [4.78, 5) is 2.70. The lowest BCUT2D eigenvalue weighted by Gasteiger charge is -2.37. The molecule has 5 nitrogen and oxygen atoms in total. The van der Waals surface area contributed by atoms with Crippen LogP contribution < -0.4 is 4.74 Å². The van der Waals surface area contributed by atoms with Gasteiger partial charge in [0.05, 0.1) is 7.11 Å². The number of nitrogens with zero attached hydrogens (tertiary/aromatic N) is 2. The van der Waals surface area contributed by atoms with E-state index < -0.39 is 10.0 Å². The van der Waals surface area contributed by atoms with Crippen LogP contribution in [0.3, 0.4) is 0 Å². The van der Waals surface area contributed by atoms with Crippen molar-refractivity contribution in [2.24, 2.45) is 0 Å². The number of sulfonamides is 1. The van der Waals surface area contributed by atoms with Gasteiger partial charge in [0.2, 0.25) is 10.0 Å². The molecular weight excluding hydrogens is 360 g/mol. The van der Waals surface area contributed by atoms with E-state index in [1.165, 1.54) is 18.2 Å². The zero-order valence-electron chi connectivity index (χ0n) is 15.9. The highest BCUT2D eigenvalue weighted by atomic mass is 32.2. The lowest BCUT2D eigenvalue weighted by atomic mass is 10.1. The number of rotatable bonds is 4. The van der Waals surface area contributed by atoms with Crippen LogP contribution in [0.4, 0.5) is 0 Å². The first-order chi connectivity index (χ1) is 13.0. The lowest BCUT2D eigenvalue weighted by molar-refractivity contribution is 0.136. The van der Waals surface area contributed by atoms with E-state index in [0.29, 0.717) is 24.9 Å². The van der Waals surface area contributed by atoms with Crippen molar-refractivity contribution in [1.29, 1.82) is 0 Å². The molecular formula is C21H26N2O3S. The molecule has 0 radical (unpaired) electrons. The van der Waals surface area contributed by atoms with Crippen molar-refractivity contribution in [3.8, 4) is 5.75 Å². The van der Waals surface area contributed by atoms with Gasteiger partial charge in [-0.1, -0.05) is 30.3 Å². The molecule has 2 aromatic carbocycles. The van der Waals surface area contributed by atoms with Gasteiger partial charge in [-0.2, -0.15) is 4.31 Å². The Hall–Kier alpha value is -1.89. The molecule has 0 saturated carbocycles. The summed E-state index contributed by atoms with van der Waals surface area (Å²) in [6.07, 6.45) is 2.23. The van der Waals surface area contributed by atoms with Gasteiger partial charge in [0, 0.05) is 32.2 Å². The van der Waals surface area contributed by atoms with Gasteiger partial charge < -0.3 is 4.74 Å². The summed E-state index contributed by atoms with van der Waals surface area (Å²) in [7, 11) is -2.04. The number of benzene rings is 2. The van der Waals surface area contributed by atoms with E-state index in [9.17, 15) is 8.42 Å². The van der Waals surface area contributed by atoms with Crippen LogP contribution in [0.2, 0.25) is 0 Å². The quantitative estimate of drug-likeness (QED) is 0.811. The molecule has 1 heterocycles. The maximum absolute atomic E-state index is 13.2. The topological polar surface area (TPSA) is 49.9 Å². The van der Waals surface area contributed by atoms with Crippen LogP contribution in [-0.4, -0.2) is 50.9 Å². The number of hydrogen-bond donors (Lipinski definition) is 0. The van der Waals surface area contributed by atoms with E-state index in [0.717, 1.165) is 31.5 Å². The first-order valence-electron chi connectivity index (χ1n) is 9.47. The number of fused-ring (bicyclic) bond motifs is 1. The second kappa shape index (κ2) is 7.26. The maximum Gasteiger partial charge on any atom is 0.246 e. The number of piperazine rings is 1. The fourth-order valence-electron chi connectivity index (χ4n) is 4.29. The molecule has 0 N–H and O–H groups in total. The molecule has 1 unspecified atom stereocenters. The summed E-state index contributed by atoms with van der Waals surface area (Å²) in [6.45, 7) is 4.43. The van der Waals surface area contributed by atoms with Gasteiger partial charge >= 0.3 is 0 Å². The van der Waals surface area contributed by atoms with Crippen molar-refractivity contribution in [1.82, 2.24) is 9.21 Å². The minimum atomic E-state index is -3.55. The fourth-order valence-corrected chi connectivity index (χ4v) is 5.96. The summed E-state index contributed by atoms with van der Waals surface area (Å²) in [5.41, 5.74) is 3.76. The van der Waals surface area contributed by atoms with E-state index in [2.05, 4.69) is 29.2 Å². The number of ether oxygens (including phenoxy) is 1. The molecule has 27 heavy (non-hydrogen) atoms. The molecule has 1 fully saturated rings. The Morgan fingerprint density at radius 1 is 1.04 bits per heavy atom. The Bertz CT molecular complexity index is 934. The molecule has 0 bridgehead atoms. The molecule has 2 aliphatic rings. The Kier molecular flexibility index (Phi) is 4.97. The average Bonchev–Trinajstić information content (AvgIpc) is 3.12. The second-order valence-corrected chi connectivity index (χ2v) is 9.25. The predicted molar refractivity (Wildman–Crippen MR) is 106 cm³/mol. The zero-order chi connectivity index (χ0) is 19.0. The van der Waals surface area contributed by atoms with Crippen molar-refractivity contribution in [3.05, 3.63) is 59.2 Å². The molecule has 0 aromatic heterocycles. The minimum absolute atomic E-state index is 0.268.